The lowest BCUT2D eigenvalue weighted by atomic mass is 9.91. The number of amides is 3. The standard InChI is InChI=1S/C14H20N4O2.ClH/c15-10-4-6-11(7-5-10)17-13(19)9-2-1-3-12(8-9)18-14(16)20;/h1-3,8,10-11H,4-7,15H2,(H,17,19)(H3,16,18,20);1H. The lowest BCUT2D eigenvalue weighted by Gasteiger charge is -2.26. The fourth-order valence-electron chi connectivity index (χ4n) is 2.41. The molecule has 6 N–H and O–H groups in total. The first-order valence-corrected chi connectivity index (χ1v) is 6.77. The molecule has 116 valence electrons. The van der Waals surface area contributed by atoms with Gasteiger partial charge < -0.3 is 22.1 Å². The van der Waals surface area contributed by atoms with Crippen molar-refractivity contribution in [3.63, 3.8) is 0 Å². The van der Waals surface area contributed by atoms with Crippen LogP contribution in [-0.2, 0) is 0 Å². The van der Waals surface area contributed by atoms with Gasteiger partial charge in [-0.15, -0.1) is 12.4 Å². The van der Waals surface area contributed by atoms with Crippen LogP contribution in [0.15, 0.2) is 24.3 Å². The van der Waals surface area contributed by atoms with Crippen molar-refractivity contribution in [2.75, 3.05) is 5.32 Å². The normalized spacial score (nSPS) is 21.0. The molecule has 21 heavy (non-hydrogen) atoms. The van der Waals surface area contributed by atoms with Crippen molar-refractivity contribution in [3.8, 4) is 0 Å². The summed E-state index contributed by atoms with van der Waals surface area (Å²) >= 11 is 0. The van der Waals surface area contributed by atoms with Crippen molar-refractivity contribution in [2.45, 2.75) is 37.8 Å². The van der Waals surface area contributed by atoms with Gasteiger partial charge >= 0.3 is 6.03 Å². The van der Waals surface area contributed by atoms with Crippen LogP contribution in [-0.4, -0.2) is 24.0 Å². The van der Waals surface area contributed by atoms with E-state index in [9.17, 15) is 9.59 Å². The zero-order valence-corrected chi connectivity index (χ0v) is 12.5. The van der Waals surface area contributed by atoms with Crippen LogP contribution in [0, 0.1) is 0 Å². The molecule has 2 rings (SSSR count). The predicted molar refractivity (Wildman–Crippen MR) is 84.6 cm³/mol. The van der Waals surface area contributed by atoms with Crippen molar-refractivity contribution in [3.05, 3.63) is 29.8 Å². The highest BCUT2D eigenvalue weighted by atomic mass is 35.5. The van der Waals surface area contributed by atoms with Crippen molar-refractivity contribution < 1.29 is 9.59 Å². The van der Waals surface area contributed by atoms with Crippen LogP contribution in [0.25, 0.3) is 0 Å². The molecule has 1 aliphatic carbocycles. The summed E-state index contributed by atoms with van der Waals surface area (Å²) < 4.78 is 0. The molecule has 0 unspecified atom stereocenters. The number of carbonyl (C=O) groups is 2. The molecule has 0 spiro atoms. The Morgan fingerprint density at radius 2 is 1.81 bits per heavy atom. The summed E-state index contributed by atoms with van der Waals surface area (Å²) in [5.74, 6) is -0.140. The Morgan fingerprint density at radius 3 is 2.43 bits per heavy atom. The van der Waals surface area contributed by atoms with Crippen LogP contribution in [0.2, 0.25) is 0 Å². The molecule has 1 aliphatic rings. The number of hydrogen-bond donors (Lipinski definition) is 4. The first kappa shape index (κ1) is 17.3. The molecule has 3 amide bonds. The van der Waals surface area contributed by atoms with E-state index in [0.29, 0.717) is 11.3 Å². The molecular formula is C14H21ClN4O2. The van der Waals surface area contributed by atoms with Crippen molar-refractivity contribution in [1.29, 1.82) is 0 Å². The molecule has 6 nitrogen and oxygen atoms in total. The topological polar surface area (TPSA) is 110 Å². The fraction of sp³-hybridized carbons (Fsp3) is 0.429. The number of nitrogens with one attached hydrogen (secondary N) is 2. The lowest BCUT2D eigenvalue weighted by Crippen LogP contribution is -2.40. The molecule has 0 saturated heterocycles. The van der Waals surface area contributed by atoms with Gasteiger partial charge in [0.25, 0.3) is 5.91 Å². The van der Waals surface area contributed by atoms with Gasteiger partial charge in [-0.3, -0.25) is 4.79 Å². The molecular weight excluding hydrogens is 292 g/mol. The molecule has 0 heterocycles. The SMILES string of the molecule is Cl.NC(=O)Nc1cccc(C(=O)NC2CCC(N)CC2)c1. The number of hydrogen-bond acceptors (Lipinski definition) is 3. The van der Waals surface area contributed by atoms with Crippen LogP contribution >= 0.6 is 12.4 Å². The van der Waals surface area contributed by atoms with Gasteiger partial charge in [0.15, 0.2) is 0 Å². The molecule has 0 radical (unpaired) electrons. The summed E-state index contributed by atoms with van der Waals surface area (Å²) in [6, 6.07) is 6.48. The van der Waals surface area contributed by atoms with Crippen LogP contribution in [0.1, 0.15) is 36.0 Å². The highest BCUT2D eigenvalue weighted by Crippen LogP contribution is 2.18. The minimum Gasteiger partial charge on any atom is -0.351 e. The van der Waals surface area contributed by atoms with E-state index in [0.717, 1.165) is 25.7 Å². The van der Waals surface area contributed by atoms with Crippen molar-refractivity contribution in [1.82, 2.24) is 5.32 Å². The van der Waals surface area contributed by atoms with Gasteiger partial charge in [0, 0.05) is 23.3 Å². The second-order valence-corrected chi connectivity index (χ2v) is 5.16. The van der Waals surface area contributed by atoms with Gasteiger partial charge in [-0.2, -0.15) is 0 Å². The molecule has 0 aromatic heterocycles. The van der Waals surface area contributed by atoms with Gasteiger partial charge in [0.2, 0.25) is 0 Å². The van der Waals surface area contributed by atoms with E-state index in [4.69, 9.17) is 11.5 Å². The van der Waals surface area contributed by atoms with E-state index >= 15 is 0 Å². The summed E-state index contributed by atoms with van der Waals surface area (Å²) in [7, 11) is 0. The number of urea groups is 1. The Kier molecular flexibility index (Phi) is 6.45. The van der Waals surface area contributed by atoms with Gasteiger partial charge in [0.1, 0.15) is 0 Å². The highest BCUT2D eigenvalue weighted by Gasteiger charge is 2.20. The van der Waals surface area contributed by atoms with Crippen LogP contribution < -0.4 is 22.1 Å². The molecule has 1 saturated carbocycles. The van der Waals surface area contributed by atoms with E-state index in [-0.39, 0.29) is 30.4 Å². The fourth-order valence-corrected chi connectivity index (χ4v) is 2.41. The summed E-state index contributed by atoms with van der Waals surface area (Å²) in [4.78, 5) is 22.9. The number of benzene rings is 1. The van der Waals surface area contributed by atoms with E-state index < -0.39 is 6.03 Å². The zero-order chi connectivity index (χ0) is 14.5. The third-order valence-corrected chi connectivity index (χ3v) is 3.50. The average molecular weight is 313 g/mol. The molecule has 1 aromatic rings. The van der Waals surface area contributed by atoms with E-state index in [1.807, 2.05) is 0 Å². The van der Waals surface area contributed by atoms with Crippen molar-refractivity contribution in [2.24, 2.45) is 11.5 Å². The maximum absolute atomic E-state index is 12.1. The molecule has 1 aromatic carbocycles. The van der Waals surface area contributed by atoms with E-state index in [1.54, 1.807) is 24.3 Å². The van der Waals surface area contributed by atoms with Crippen LogP contribution in [0.4, 0.5) is 10.5 Å². The Hall–Kier alpha value is -1.79. The average Bonchev–Trinajstić information content (AvgIpc) is 2.41. The van der Waals surface area contributed by atoms with E-state index in [1.165, 1.54) is 0 Å². The van der Waals surface area contributed by atoms with E-state index in [2.05, 4.69) is 10.6 Å². The summed E-state index contributed by atoms with van der Waals surface area (Å²) in [6.45, 7) is 0. The van der Waals surface area contributed by atoms with Crippen LogP contribution in [0.3, 0.4) is 0 Å². The van der Waals surface area contributed by atoms with Gasteiger partial charge in [0.05, 0.1) is 0 Å². The van der Waals surface area contributed by atoms with Gasteiger partial charge in [-0.1, -0.05) is 6.07 Å². The zero-order valence-electron chi connectivity index (χ0n) is 11.7. The highest BCUT2D eigenvalue weighted by molar-refractivity contribution is 5.96. The number of nitrogens with two attached hydrogens (primary N) is 2. The molecule has 7 heteroatoms. The minimum absolute atomic E-state index is 0. The number of halogens is 1. The number of anilines is 1. The molecule has 1 fully saturated rings. The largest absolute Gasteiger partial charge is 0.351 e. The second-order valence-electron chi connectivity index (χ2n) is 5.16. The summed E-state index contributed by atoms with van der Waals surface area (Å²) in [5, 5.41) is 5.45. The predicted octanol–water partition coefficient (Wildman–Crippen LogP) is 1.60. The third-order valence-electron chi connectivity index (χ3n) is 3.50. The quantitative estimate of drug-likeness (QED) is 0.680. The Morgan fingerprint density at radius 1 is 1.14 bits per heavy atom. The van der Waals surface area contributed by atoms with Crippen molar-refractivity contribution >= 4 is 30.0 Å². The minimum atomic E-state index is -0.649. The van der Waals surface area contributed by atoms with Gasteiger partial charge in [-0.05, 0) is 43.9 Å². The first-order chi connectivity index (χ1) is 9.54. The summed E-state index contributed by atoms with van der Waals surface area (Å²) in [6.07, 6.45) is 3.70. The Balaban J connectivity index is 0.00000220. The second kappa shape index (κ2) is 7.85. The first-order valence-electron chi connectivity index (χ1n) is 6.77. The molecule has 0 atom stereocenters. The monoisotopic (exact) mass is 312 g/mol. The number of primary amides is 1. The van der Waals surface area contributed by atoms with Gasteiger partial charge in [-0.25, -0.2) is 4.79 Å². The summed E-state index contributed by atoms with van der Waals surface area (Å²) in [5.41, 5.74) is 11.9. The number of rotatable bonds is 3. The molecule has 0 aliphatic heterocycles. The maximum atomic E-state index is 12.1. The molecule has 0 bridgehead atoms. The lowest BCUT2D eigenvalue weighted by molar-refractivity contribution is 0.0926. The van der Waals surface area contributed by atoms with Crippen LogP contribution in [0.5, 0.6) is 0 Å². The number of carbonyl (C=O) groups excluding carboxylic acids is 2. The Bertz CT molecular complexity index is 502. The third kappa shape index (κ3) is 5.24. The maximum Gasteiger partial charge on any atom is 0.316 e. The Labute approximate surface area is 130 Å². The smallest absolute Gasteiger partial charge is 0.316 e.